The summed E-state index contributed by atoms with van der Waals surface area (Å²) in [4.78, 5) is 0.872. The van der Waals surface area contributed by atoms with Gasteiger partial charge >= 0.3 is 0 Å². The van der Waals surface area contributed by atoms with Crippen molar-refractivity contribution in [2.24, 2.45) is 5.84 Å². The molecule has 1 unspecified atom stereocenters. The zero-order valence-corrected chi connectivity index (χ0v) is 9.91. The third-order valence-electron chi connectivity index (χ3n) is 2.30. The van der Waals surface area contributed by atoms with Gasteiger partial charge in [0.25, 0.3) is 0 Å². The third kappa shape index (κ3) is 3.33. The lowest BCUT2D eigenvalue weighted by atomic mass is 10.3. The molecule has 0 radical (unpaired) electrons. The minimum Gasteiger partial charge on any atom is -0.468 e. The van der Waals surface area contributed by atoms with E-state index < -0.39 is 0 Å². The number of thioether (sulfide) groups is 1. The van der Waals surface area contributed by atoms with E-state index >= 15 is 0 Å². The quantitative estimate of drug-likeness (QED) is 0.488. The molecule has 1 heterocycles. The Labute approximate surface area is 103 Å². The maximum absolute atomic E-state index is 13.0. The lowest BCUT2D eigenvalue weighted by Crippen LogP contribution is -2.29. The minimum atomic E-state index is -0.231. The summed E-state index contributed by atoms with van der Waals surface area (Å²) in [6.45, 7) is 0. The first-order valence-corrected chi connectivity index (χ1v) is 6.16. The summed E-state index contributed by atoms with van der Waals surface area (Å²) in [5, 5.41) is 0. The largest absolute Gasteiger partial charge is 0.468 e. The van der Waals surface area contributed by atoms with Crippen LogP contribution in [-0.2, 0) is 0 Å². The van der Waals surface area contributed by atoms with Gasteiger partial charge in [-0.25, -0.2) is 9.82 Å². The maximum Gasteiger partial charge on any atom is 0.124 e. The summed E-state index contributed by atoms with van der Waals surface area (Å²) in [6, 6.07) is 10.1. The Morgan fingerprint density at radius 3 is 2.88 bits per heavy atom. The number of halogens is 1. The Kier molecular flexibility index (Phi) is 4.19. The van der Waals surface area contributed by atoms with Crippen molar-refractivity contribution in [3.63, 3.8) is 0 Å². The van der Waals surface area contributed by atoms with Crippen molar-refractivity contribution in [2.75, 3.05) is 5.75 Å². The topological polar surface area (TPSA) is 51.2 Å². The van der Waals surface area contributed by atoms with E-state index in [1.54, 1.807) is 12.3 Å². The second-order valence-electron chi connectivity index (χ2n) is 3.50. The van der Waals surface area contributed by atoms with Gasteiger partial charge in [0.1, 0.15) is 11.6 Å². The Hall–Kier alpha value is -1.30. The average Bonchev–Trinajstić information content (AvgIpc) is 2.84. The highest BCUT2D eigenvalue weighted by Gasteiger charge is 2.12. The molecule has 5 heteroatoms. The Morgan fingerprint density at radius 1 is 1.35 bits per heavy atom. The molecule has 0 aliphatic carbocycles. The molecular weight excluding hydrogens is 239 g/mol. The monoisotopic (exact) mass is 252 g/mol. The molecule has 17 heavy (non-hydrogen) atoms. The van der Waals surface area contributed by atoms with Gasteiger partial charge < -0.3 is 4.42 Å². The normalized spacial score (nSPS) is 12.6. The fourth-order valence-corrected chi connectivity index (χ4v) is 2.43. The van der Waals surface area contributed by atoms with Crippen LogP contribution in [0.3, 0.4) is 0 Å². The van der Waals surface area contributed by atoms with Crippen LogP contribution in [0.25, 0.3) is 0 Å². The van der Waals surface area contributed by atoms with Gasteiger partial charge in [-0.1, -0.05) is 6.07 Å². The van der Waals surface area contributed by atoms with E-state index in [-0.39, 0.29) is 11.9 Å². The molecule has 0 saturated heterocycles. The second kappa shape index (κ2) is 5.86. The van der Waals surface area contributed by atoms with Gasteiger partial charge in [0.05, 0.1) is 12.3 Å². The zero-order chi connectivity index (χ0) is 12.1. The van der Waals surface area contributed by atoms with Crippen LogP contribution in [0.15, 0.2) is 52.0 Å². The summed E-state index contributed by atoms with van der Waals surface area (Å²) in [5.41, 5.74) is 2.68. The van der Waals surface area contributed by atoms with Crippen LogP contribution in [0.2, 0.25) is 0 Å². The molecule has 0 bridgehead atoms. The lowest BCUT2D eigenvalue weighted by Gasteiger charge is -2.12. The van der Waals surface area contributed by atoms with Crippen molar-refractivity contribution in [1.29, 1.82) is 0 Å². The van der Waals surface area contributed by atoms with Crippen LogP contribution in [0.5, 0.6) is 0 Å². The number of hydrazine groups is 1. The number of hydrogen-bond donors (Lipinski definition) is 2. The van der Waals surface area contributed by atoms with E-state index in [4.69, 9.17) is 10.3 Å². The van der Waals surface area contributed by atoms with Crippen LogP contribution >= 0.6 is 11.8 Å². The van der Waals surface area contributed by atoms with Gasteiger partial charge in [-0.3, -0.25) is 5.84 Å². The van der Waals surface area contributed by atoms with Crippen molar-refractivity contribution < 1.29 is 8.81 Å². The molecule has 3 N–H and O–H groups in total. The van der Waals surface area contributed by atoms with E-state index in [1.165, 1.54) is 23.9 Å². The molecule has 0 saturated carbocycles. The molecule has 0 spiro atoms. The Morgan fingerprint density at radius 2 is 2.24 bits per heavy atom. The first-order chi connectivity index (χ1) is 8.29. The predicted octanol–water partition coefficient (Wildman–Crippen LogP) is 2.72. The smallest absolute Gasteiger partial charge is 0.124 e. The predicted molar refractivity (Wildman–Crippen MR) is 65.9 cm³/mol. The van der Waals surface area contributed by atoms with E-state index in [1.807, 2.05) is 18.2 Å². The first-order valence-electron chi connectivity index (χ1n) is 5.17. The van der Waals surface area contributed by atoms with Crippen molar-refractivity contribution in [1.82, 2.24) is 5.43 Å². The minimum absolute atomic E-state index is 0.0849. The fourth-order valence-electron chi connectivity index (χ4n) is 1.44. The van der Waals surface area contributed by atoms with Gasteiger partial charge in [0.2, 0.25) is 0 Å². The summed E-state index contributed by atoms with van der Waals surface area (Å²) in [5.74, 6) is 6.68. The molecule has 2 aromatic rings. The van der Waals surface area contributed by atoms with Gasteiger partial charge in [-0.2, -0.15) is 0 Å². The number of hydrogen-bond acceptors (Lipinski definition) is 4. The van der Waals surface area contributed by atoms with Crippen LogP contribution in [0.4, 0.5) is 4.39 Å². The van der Waals surface area contributed by atoms with Gasteiger partial charge in [0.15, 0.2) is 0 Å². The molecule has 0 aliphatic rings. The van der Waals surface area contributed by atoms with Crippen LogP contribution in [-0.4, -0.2) is 5.75 Å². The Bertz CT molecular complexity index is 461. The molecule has 3 nitrogen and oxygen atoms in total. The first kappa shape index (κ1) is 12.2. The van der Waals surface area contributed by atoms with E-state index in [0.29, 0.717) is 5.75 Å². The molecule has 90 valence electrons. The third-order valence-corrected chi connectivity index (χ3v) is 3.39. The average molecular weight is 252 g/mol. The molecule has 0 fully saturated rings. The van der Waals surface area contributed by atoms with E-state index in [2.05, 4.69) is 5.43 Å². The molecule has 1 aromatic heterocycles. The van der Waals surface area contributed by atoms with Crippen molar-refractivity contribution in [2.45, 2.75) is 10.9 Å². The van der Waals surface area contributed by atoms with Crippen molar-refractivity contribution in [3.05, 3.63) is 54.2 Å². The highest BCUT2D eigenvalue weighted by Crippen LogP contribution is 2.24. The fraction of sp³-hybridized carbons (Fsp3) is 0.167. The lowest BCUT2D eigenvalue weighted by molar-refractivity contribution is 0.440. The molecule has 1 atom stereocenters. The van der Waals surface area contributed by atoms with E-state index in [0.717, 1.165) is 10.7 Å². The number of benzene rings is 1. The number of furan rings is 1. The molecular formula is C12H13FN2OS. The summed E-state index contributed by atoms with van der Waals surface area (Å²) >= 11 is 1.52. The summed E-state index contributed by atoms with van der Waals surface area (Å²) in [7, 11) is 0. The maximum atomic E-state index is 13.0. The van der Waals surface area contributed by atoms with Crippen LogP contribution in [0, 0.1) is 5.82 Å². The number of nitrogens with two attached hydrogens (primary N) is 1. The van der Waals surface area contributed by atoms with Gasteiger partial charge in [0, 0.05) is 10.6 Å². The van der Waals surface area contributed by atoms with Crippen LogP contribution < -0.4 is 11.3 Å². The van der Waals surface area contributed by atoms with Gasteiger partial charge in [-0.05, 0) is 30.3 Å². The van der Waals surface area contributed by atoms with Crippen LogP contribution in [0.1, 0.15) is 11.8 Å². The number of rotatable bonds is 5. The molecule has 0 amide bonds. The van der Waals surface area contributed by atoms with Crippen molar-refractivity contribution >= 4 is 11.8 Å². The standard InChI is InChI=1S/C12H13FN2OS/c13-9-3-1-4-10(7-9)17-8-11(15-14)12-5-2-6-16-12/h1-7,11,15H,8,14H2. The second-order valence-corrected chi connectivity index (χ2v) is 4.60. The van der Waals surface area contributed by atoms with Gasteiger partial charge in [-0.15, -0.1) is 11.8 Å². The number of nitrogens with one attached hydrogen (secondary N) is 1. The highest BCUT2D eigenvalue weighted by atomic mass is 32.2. The molecule has 1 aromatic carbocycles. The van der Waals surface area contributed by atoms with Crippen molar-refractivity contribution in [3.8, 4) is 0 Å². The summed E-state index contributed by atoms with van der Waals surface area (Å²) < 4.78 is 18.2. The molecule has 2 rings (SSSR count). The zero-order valence-electron chi connectivity index (χ0n) is 9.10. The highest BCUT2D eigenvalue weighted by molar-refractivity contribution is 7.99. The molecule has 0 aliphatic heterocycles. The summed E-state index contributed by atoms with van der Waals surface area (Å²) in [6.07, 6.45) is 1.60. The SMILES string of the molecule is NNC(CSc1cccc(F)c1)c1ccco1. The van der Waals surface area contributed by atoms with E-state index in [9.17, 15) is 4.39 Å². The Balaban J connectivity index is 1.97.